The van der Waals surface area contributed by atoms with Gasteiger partial charge in [-0.3, -0.25) is 4.79 Å². The average Bonchev–Trinajstić information content (AvgIpc) is 2.03. The summed E-state index contributed by atoms with van der Waals surface area (Å²) >= 11 is 0. The van der Waals surface area contributed by atoms with Gasteiger partial charge in [0, 0.05) is 13.5 Å². The lowest BCUT2D eigenvalue weighted by molar-refractivity contribution is -0.118. The summed E-state index contributed by atoms with van der Waals surface area (Å²) in [6.45, 7) is 2.04. The van der Waals surface area contributed by atoms with Crippen molar-refractivity contribution in [3.05, 3.63) is 4.91 Å². The van der Waals surface area contributed by atoms with Gasteiger partial charge in [-0.1, -0.05) is 5.18 Å². The summed E-state index contributed by atoms with van der Waals surface area (Å²) in [7, 11) is 0. The quantitative estimate of drug-likeness (QED) is 0.449. The largest absolute Gasteiger partial charge is 0.391 e. The van der Waals surface area contributed by atoms with Crippen LogP contribution in [0.3, 0.4) is 0 Å². The summed E-state index contributed by atoms with van der Waals surface area (Å²) in [6.07, 6.45) is 1.53. The number of nitroso groups, excluding NO2 is 1. The summed E-state index contributed by atoms with van der Waals surface area (Å²) in [5.74, 6) is -0.0462. The maximum absolute atomic E-state index is 10.4. The predicted octanol–water partition coefficient (Wildman–Crippen LogP) is 0.420. The van der Waals surface area contributed by atoms with Gasteiger partial charge in [0.05, 0.1) is 6.10 Å². The van der Waals surface area contributed by atoms with E-state index in [-0.39, 0.29) is 12.5 Å². The number of rotatable bonds is 7. The Morgan fingerprint density at radius 1 is 1.54 bits per heavy atom. The lowest BCUT2D eigenvalue weighted by Gasteiger charge is -2.05. The van der Waals surface area contributed by atoms with Crippen molar-refractivity contribution in [3.8, 4) is 0 Å². The fourth-order valence-corrected chi connectivity index (χ4v) is 0.947. The second-order valence-corrected chi connectivity index (χ2v) is 2.94. The van der Waals surface area contributed by atoms with Crippen molar-refractivity contribution >= 4 is 5.91 Å². The van der Waals surface area contributed by atoms with E-state index < -0.39 is 6.10 Å². The molecule has 0 radical (unpaired) electrons. The molecule has 0 aliphatic rings. The minimum absolute atomic E-state index is 0.0415. The van der Waals surface area contributed by atoms with Crippen molar-refractivity contribution in [3.63, 3.8) is 0 Å². The molecule has 5 nitrogen and oxygen atoms in total. The van der Waals surface area contributed by atoms with E-state index in [1.54, 1.807) is 0 Å². The van der Waals surface area contributed by atoms with Gasteiger partial charge in [0.1, 0.15) is 6.54 Å². The molecule has 13 heavy (non-hydrogen) atoms. The van der Waals surface area contributed by atoms with E-state index in [9.17, 15) is 9.70 Å². The molecule has 1 atom stereocenters. The van der Waals surface area contributed by atoms with Gasteiger partial charge >= 0.3 is 0 Å². The molecule has 0 rings (SSSR count). The van der Waals surface area contributed by atoms with Crippen LogP contribution in [0.2, 0.25) is 0 Å². The molecule has 0 heterocycles. The van der Waals surface area contributed by atoms with Crippen LogP contribution in [0.25, 0.3) is 0 Å². The van der Waals surface area contributed by atoms with Crippen LogP contribution in [0.5, 0.6) is 0 Å². The molecule has 5 heteroatoms. The molecule has 0 aliphatic heterocycles. The van der Waals surface area contributed by atoms with E-state index >= 15 is 0 Å². The first-order chi connectivity index (χ1) is 6.16. The van der Waals surface area contributed by atoms with Gasteiger partial charge in [-0.05, 0) is 19.3 Å². The molecule has 0 aliphatic carbocycles. The SMILES string of the molecule is CC(=O)NCCCCC(O)CN=O. The van der Waals surface area contributed by atoms with Gasteiger partial charge in [-0.25, -0.2) is 0 Å². The molecule has 0 aromatic rings. The van der Waals surface area contributed by atoms with Crippen LogP contribution in [0.1, 0.15) is 26.2 Å². The highest BCUT2D eigenvalue weighted by atomic mass is 16.3. The molecule has 1 unspecified atom stereocenters. The summed E-state index contributed by atoms with van der Waals surface area (Å²) in [4.78, 5) is 20.2. The smallest absolute Gasteiger partial charge is 0.216 e. The molecule has 0 aromatic carbocycles. The van der Waals surface area contributed by atoms with Crippen molar-refractivity contribution in [2.24, 2.45) is 5.18 Å². The predicted molar refractivity (Wildman–Crippen MR) is 49.2 cm³/mol. The van der Waals surface area contributed by atoms with E-state index in [1.807, 2.05) is 0 Å². The fraction of sp³-hybridized carbons (Fsp3) is 0.875. The molecule has 0 fully saturated rings. The van der Waals surface area contributed by atoms with Crippen LogP contribution in [0, 0.1) is 4.91 Å². The molecule has 0 spiro atoms. The molecule has 0 aromatic heterocycles. The van der Waals surface area contributed by atoms with Crippen LogP contribution in [0.15, 0.2) is 5.18 Å². The van der Waals surface area contributed by atoms with Crippen LogP contribution >= 0.6 is 0 Å². The highest BCUT2D eigenvalue weighted by molar-refractivity contribution is 5.72. The Bertz CT molecular complexity index is 161. The monoisotopic (exact) mass is 188 g/mol. The number of aliphatic hydroxyl groups excluding tert-OH is 1. The maximum Gasteiger partial charge on any atom is 0.216 e. The third-order valence-corrected chi connectivity index (χ3v) is 1.62. The molecule has 2 N–H and O–H groups in total. The zero-order valence-corrected chi connectivity index (χ0v) is 7.82. The topological polar surface area (TPSA) is 78.8 Å². The number of nitrogens with zero attached hydrogens (tertiary/aromatic N) is 1. The Kier molecular flexibility index (Phi) is 7.10. The molecule has 1 amide bonds. The molecule has 0 saturated carbocycles. The van der Waals surface area contributed by atoms with Crippen LogP contribution in [0.4, 0.5) is 0 Å². The number of unbranched alkanes of at least 4 members (excludes halogenated alkanes) is 1. The molecule has 0 bridgehead atoms. The summed E-state index contributed by atoms with van der Waals surface area (Å²) in [6, 6.07) is 0. The number of amides is 1. The molecular formula is C8H16N2O3. The zero-order valence-electron chi connectivity index (χ0n) is 7.82. The normalized spacial score (nSPS) is 12.2. The second-order valence-electron chi connectivity index (χ2n) is 2.94. The molecular weight excluding hydrogens is 172 g/mol. The number of aliphatic hydroxyl groups is 1. The number of carbonyl (C=O) groups excluding carboxylic acids is 1. The first-order valence-electron chi connectivity index (χ1n) is 4.38. The lowest BCUT2D eigenvalue weighted by atomic mass is 10.1. The van der Waals surface area contributed by atoms with Gasteiger partial charge in [0.25, 0.3) is 0 Å². The molecule has 0 saturated heterocycles. The first-order valence-corrected chi connectivity index (χ1v) is 4.38. The summed E-state index contributed by atoms with van der Waals surface area (Å²) < 4.78 is 0. The highest BCUT2D eigenvalue weighted by Crippen LogP contribution is 2.00. The Morgan fingerprint density at radius 2 is 2.23 bits per heavy atom. The standard InChI is InChI=1S/C8H16N2O3/c1-7(11)9-5-3-2-4-8(12)6-10-13/h8,12H,2-6H2,1H3,(H,9,11). The Hall–Kier alpha value is -0.970. The van der Waals surface area contributed by atoms with Crippen molar-refractivity contribution < 1.29 is 9.90 Å². The van der Waals surface area contributed by atoms with Crippen molar-refractivity contribution in [2.75, 3.05) is 13.1 Å². The van der Waals surface area contributed by atoms with Crippen LogP contribution in [-0.2, 0) is 4.79 Å². The van der Waals surface area contributed by atoms with Crippen molar-refractivity contribution in [2.45, 2.75) is 32.3 Å². The van der Waals surface area contributed by atoms with E-state index in [0.717, 1.165) is 12.8 Å². The Balaban J connectivity index is 3.15. The zero-order chi connectivity index (χ0) is 10.1. The third-order valence-electron chi connectivity index (χ3n) is 1.62. The summed E-state index contributed by atoms with van der Waals surface area (Å²) in [5, 5.41) is 14.3. The fourth-order valence-electron chi connectivity index (χ4n) is 0.947. The van der Waals surface area contributed by atoms with E-state index in [1.165, 1.54) is 6.92 Å². The van der Waals surface area contributed by atoms with Gasteiger partial charge in [-0.2, -0.15) is 4.91 Å². The summed E-state index contributed by atoms with van der Waals surface area (Å²) in [5.41, 5.74) is 0. The maximum atomic E-state index is 10.4. The second kappa shape index (κ2) is 7.67. The van der Waals surface area contributed by atoms with Gasteiger partial charge in [-0.15, -0.1) is 0 Å². The van der Waals surface area contributed by atoms with E-state index in [2.05, 4.69) is 10.5 Å². The number of hydrogen-bond acceptors (Lipinski definition) is 4. The molecule has 76 valence electrons. The Labute approximate surface area is 77.5 Å². The average molecular weight is 188 g/mol. The third kappa shape index (κ3) is 8.94. The van der Waals surface area contributed by atoms with E-state index in [0.29, 0.717) is 13.0 Å². The minimum Gasteiger partial charge on any atom is -0.391 e. The number of carbonyl (C=O) groups is 1. The number of nitrogens with one attached hydrogen (secondary N) is 1. The van der Waals surface area contributed by atoms with Gasteiger partial charge < -0.3 is 10.4 Å². The van der Waals surface area contributed by atoms with Gasteiger partial charge in [0.2, 0.25) is 5.91 Å². The van der Waals surface area contributed by atoms with E-state index in [4.69, 9.17) is 5.11 Å². The Morgan fingerprint density at radius 3 is 2.77 bits per heavy atom. The van der Waals surface area contributed by atoms with Crippen molar-refractivity contribution in [1.82, 2.24) is 5.32 Å². The first kappa shape index (κ1) is 12.0. The van der Waals surface area contributed by atoms with Crippen molar-refractivity contribution in [1.29, 1.82) is 0 Å². The lowest BCUT2D eigenvalue weighted by Crippen LogP contribution is -2.21. The van der Waals surface area contributed by atoms with Gasteiger partial charge in [0.15, 0.2) is 0 Å². The van der Waals surface area contributed by atoms with Crippen LogP contribution in [-0.4, -0.2) is 30.2 Å². The highest BCUT2D eigenvalue weighted by Gasteiger charge is 2.02. The number of hydrogen-bond donors (Lipinski definition) is 2. The minimum atomic E-state index is -0.630. The van der Waals surface area contributed by atoms with Crippen LogP contribution < -0.4 is 5.32 Å².